The molecule has 1 aliphatic heterocycles. The number of aromatic nitrogens is 1. The first-order chi connectivity index (χ1) is 7.78. The van der Waals surface area contributed by atoms with Crippen LogP contribution in [0, 0.1) is 0 Å². The van der Waals surface area contributed by atoms with Gasteiger partial charge in [0.15, 0.2) is 5.13 Å². The second-order valence-electron chi connectivity index (χ2n) is 3.69. The fourth-order valence-corrected chi connectivity index (χ4v) is 2.44. The second-order valence-corrected chi connectivity index (χ2v) is 4.81. The van der Waals surface area contributed by atoms with Gasteiger partial charge < -0.3 is 5.32 Å². The number of thiazole rings is 1. The van der Waals surface area contributed by atoms with Crippen molar-refractivity contribution in [1.29, 1.82) is 0 Å². The zero-order chi connectivity index (χ0) is 11.4. The molecule has 0 bridgehead atoms. The van der Waals surface area contributed by atoms with Gasteiger partial charge in [-0.2, -0.15) is 0 Å². The number of carbonyl (C=O) groups excluding carboxylic acids is 1. The Labute approximate surface area is 97.8 Å². The van der Waals surface area contributed by atoms with E-state index in [0.29, 0.717) is 11.7 Å². The number of hydrogen-bond donors (Lipinski definition) is 3. The molecule has 6 nitrogen and oxygen atoms in total. The van der Waals surface area contributed by atoms with Crippen molar-refractivity contribution in [3.63, 3.8) is 0 Å². The largest absolute Gasteiger partial charge is 0.355 e. The minimum Gasteiger partial charge on any atom is -0.355 e. The summed E-state index contributed by atoms with van der Waals surface area (Å²) in [5, 5.41) is 3.55. The number of nitrogens with zero attached hydrogens (tertiary/aromatic N) is 2. The van der Waals surface area contributed by atoms with Crippen LogP contribution in [-0.4, -0.2) is 35.4 Å². The number of rotatable bonds is 3. The molecule has 1 aromatic heterocycles. The number of anilines is 1. The van der Waals surface area contributed by atoms with Crippen molar-refractivity contribution in [2.24, 2.45) is 5.84 Å². The molecular formula is C9H15N5OS. The smallest absolute Gasteiger partial charge is 0.234 e. The van der Waals surface area contributed by atoms with Crippen LogP contribution in [0.4, 0.5) is 5.13 Å². The van der Waals surface area contributed by atoms with E-state index in [9.17, 15) is 4.79 Å². The Kier molecular flexibility index (Phi) is 3.70. The van der Waals surface area contributed by atoms with Gasteiger partial charge in [-0.1, -0.05) is 11.3 Å². The molecule has 1 fully saturated rings. The Morgan fingerprint density at radius 2 is 2.56 bits per heavy atom. The van der Waals surface area contributed by atoms with Crippen LogP contribution in [0.5, 0.6) is 0 Å². The monoisotopic (exact) mass is 241 g/mol. The van der Waals surface area contributed by atoms with Gasteiger partial charge >= 0.3 is 0 Å². The molecule has 0 aromatic carbocycles. The van der Waals surface area contributed by atoms with E-state index in [-0.39, 0.29) is 5.91 Å². The van der Waals surface area contributed by atoms with E-state index in [1.54, 1.807) is 6.20 Å². The summed E-state index contributed by atoms with van der Waals surface area (Å²) >= 11 is 1.51. The number of nitrogen functional groups attached to an aromatic ring is 1. The van der Waals surface area contributed by atoms with E-state index >= 15 is 0 Å². The van der Waals surface area contributed by atoms with Crippen molar-refractivity contribution in [2.45, 2.75) is 13.0 Å². The van der Waals surface area contributed by atoms with E-state index in [4.69, 9.17) is 5.84 Å². The van der Waals surface area contributed by atoms with E-state index in [0.717, 1.165) is 30.9 Å². The van der Waals surface area contributed by atoms with Gasteiger partial charge in [0.05, 0.1) is 6.54 Å². The molecule has 0 aliphatic carbocycles. The second kappa shape index (κ2) is 5.24. The number of hydrazine groups is 1. The van der Waals surface area contributed by atoms with Gasteiger partial charge in [0.25, 0.3) is 0 Å². The third kappa shape index (κ3) is 2.91. The molecule has 7 heteroatoms. The highest BCUT2D eigenvalue weighted by molar-refractivity contribution is 7.15. The molecule has 1 amide bonds. The number of hydrogen-bond acceptors (Lipinski definition) is 6. The van der Waals surface area contributed by atoms with Gasteiger partial charge in [0.1, 0.15) is 0 Å². The van der Waals surface area contributed by atoms with Crippen molar-refractivity contribution >= 4 is 22.4 Å². The highest BCUT2D eigenvalue weighted by Crippen LogP contribution is 2.18. The van der Waals surface area contributed by atoms with Crippen LogP contribution < -0.4 is 16.6 Å². The molecule has 1 aromatic rings. The highest BCUT2D eigenvalue weighted by Gasteiger charge is 2.15. The quantitative estimate of drug-likeness (QED) is 0.502. The lowest BCUT2D eigenvalue weighted by Gasteiger charge is -2.16. The van der Waals surface area contributed by atoms with Crippen LogP contribution in [0.15, 0.2) is 6.20 Å². The van der Waals surface area contributed by atoms with Crippen LogP contribution in [-0.2, 0) is 11.3 Å². The van der Waals surface area contributed by atoms with Gasteiger partial charge in [-0.25, -0.2) is 10.8 Å². The molecule has 0 radical (unpaired) electrons. The maximum atomic E-state index is 11.3. The van der Waals surface area contributed by atoms with E-state index in [1.807, 2.05) is 0 Å². The molecule has 0 saturated carbocycles. The normalized spacial score (nSPS) is 17.9. The SMILES string of the molecule is NNc1ncc(CN2CCCNC(=O)C2)s1. The third-order valence-electron chi connectivity index (χ3n) is 2.40. The van der Waals surface area contributed by atoms with Crippen molar-refractivity contribution < 1.29 is 4.79 Å². The van der Waals surface area contributed by atoms with Gasteiger partial charge in [0.2, 0.25) is 5.91 Å². The summed E-state index contributed by atoms with van der Waals surface area (Å²) in [7, 11) is 0. The topological polar surface area (TPSA) is 83.3 Å². The lowest BCUT2D eigenvalue weighted by molar-refractivity contribution is -0.121. The Morgan fingerprint density at radius 1 is 1.69 bits per heavy atom. The average molecular weight is 241 g/mol. The van der Waals surface area contributed by atoms with Crippen LogP contribution in [0.25, 0.3) is 0 Å². The lowest BCUT2D eigenvalue weighted by atomic mass is 10.4. The maximum absolute atomic E-state index is 11.3. The van der Waals surface area contributed by atoms with Crippen LogP contribution in [0.1, 0.15) is 11.3 Å². The molecule has 0 atom stereocenters. The van der Waals surface area contributed by atoms with Crippen molar-refractivity contribution in [1.82, 2.24) is 15.2 Å². The van der Waals surface area contributed by atoms with Gasteiger partial charge in [-0.05, 0) is 6.42 Å². The van der Waals surface area contributed by atoms with Crippen LogP contribution in [0.3, 0.4) is 0 Å². The van der Waals surface area contributed by atoms with E-state index in [1.165, 1.54) is 11.3 Å². The lowest BCUT2D eigenvalue weighted by Crippen LogP contribution is -2.32. The molecule has 88 valence electrons. The van der Waals surface area contributed by atoms with Crippen LogP contribution in [0.2, 0.25) is 0 Å². The van der Waals surface area contributed by atoms with Crippen molar-refractivity contribution in [3.8, 4) is 0 Å². The zero-order valence-electron chi connectivity index (χ0n) is 8.90. The van der Waals surface area contributed by atoms with Gasteiger partial charge in [-0.15, -0.1) is 0 Å². The Morgan fingerprint density at radius 3 is 3.31 bits per heavy atom. The van der Waals surface area contributed by atoms with E-state index in [2.05, 4.69) is 20.6 Å². The van der Waals surface area contributed by atoms with Crippen molar-refractivity contribution in [3.05, 3.63) is 11.1 Å². The highest BCUT2D eigenvalue weighted by atomic mass is 32.1. The first kappa shape index (κ1) is 11.3. The molecule has 2 heterocycles. The molecule has 4 N–H and O–H groups in total. The summed E-state index contributed by atoms with van der Waals surface area (Å²) in [6.45, 7) is 2.92. The van der Waals surface area contributed by atoms with Gasteiger partial charge in [-0.3, -0.25) is 15.1 Å². The standard InChI is InChI=1S/C9H15N5OS/c10-13-9-12-4-7(16-9)5-14-3-1-2-11-8(15)6-14/h4H,1-3,5-6,10H2,(H,11,15)(H,12,13). The molecule has 0 unspecified atom stereocenters. The van der Waals surface area contributed by atoms with Gasteiger partial charge in [0, 0.05) is 30.7 Å². The predicted molar refractivity (Wildman–Crippen MR) is 62.8 cm³/mol. The fraction of sp³-hybridized carbons (Fsp3) is 0.556. The summed E-state index contributed by atoms with van der Waals surface area (Å²) in [6.07, 6.45) is 2.79. The molecule has 1 aliphatic rings. The fourth-order valence-electron chi connectivity index (χ4n) is 1.67. The van der Waals surface area contributed by atoms with Crippen molar-refractivity contribution in [2.75, 3.05) is 25.1 Å². The summed E-state index contributed by atoms with van der Waals surface area (Å²) in [5.74, 6) is 5.36. The number of carbonyl (C=O) groups is 1. The minimum atomic E-state index is 0.0965. The summed E-state index contributed by atoms with van der Waals surface area (Å²) in [5.41, 5.74) is 2.52. The number of nitrogens with two attached hydrogens (primary N) is 1. The average Bonchev–Trinajstić information content (AvgIpc) is 2.62. The van der Waals surface area contributed by atoms with Crippen LogP contribution >= 0.6 is 11.3 Å². The Hall–Kier alpha value is -1.18. The summed E-state index contributed by atoms with van der Waals surface area (Å²) in [4.78, 5) is 18.7. The number of nitrogens with one attached hydrogen (secondary N) is 2. The molecule has 16 heavy (non-hydrogen) atoms. The Balaban J connectivity index is 1.94. The van der Waals surface area contributed by atoms with E-state index < -0.39 is 0 Å². The Bertz CT molecular complexity index is 367. The minimum absolute atomic E-state index is 0.0965. The predicted octanol–water partition coefficient (Wildman–Crippen LogP) is -0.249. The number of amides is 1. The molecule has 2 rings (SSSR count). The molecular weight excluding hydrogens is 226 g/mol. The first-order valence-corrected chi connectivity index (χ1v) is 6.00. The summed E-state index contributed by atoms with van der Waals surface area (Å²) in [6, 6.07) is 0. The summed E-state index contributed by atoms with van der Waals surface area (Å²) < 4.78 is 0. The third-order valence-corrected chi connectivity index (χ3v) is 3.31. The molecule has 1 saturated heterocycles. The zero-order valence-corrected chi connectivity index (χ0v) is 9.72. The molecule has 0 spiro atoms. The maximum Gasteiger partial charge on any atom is 0.234 e. The first-order valence-electron chi connectivity index (χ1n) is 5.18.